The Bertz CT molecular complexity index is 1220. The van der Waals surface area contributed by atoms with Crippen LogP contribution < -0.4 is 11.1 Å². The lowest BCUT2D eigenvalue weighted by molar-refractivity contribution is 0.298. The lowest BCUT2D eigenvalue weighted by atomic mass is 10.0. The fourth-order valence-electron chi connectivity index (χ4n) is 3.47. The van der Waals surface area contributed by atoms with Crippen LogP contribution in [0, 0.1) is 0 Å². The van der Waals surface area contributed by atoms with Gasteiger partial charge in [0.1, 0.15) is 0 Å². The Kier molecular flexibility index (Phi) is 17.8. The number of nitrogens with zero attached hydrogens (tertiary/aromatic N) is 4. The van der Waals surface area contributed by atoms with E-state index in [9.17, 15) is 8.42 Å². The molecule has 11 nitrogen and oxygen atoms in total. The minimum absolute atomic E-state index is 0. The Morgan fingerprint density at radius 3 is 1.55 bits per heavy atom. The summed E-state index contributed by atoms with van der Waals surface area (Å²) >= 11 is -3.13. The molecule has 13 heteroatoms. The average Bonchev–Trinajstić information content (AvgIpc) is 3.53. The van der Waals surface area contributed by atoms with E-state index >= 15 is 0 Å². The topological polar surface area (TPSA) is 149 Å². The first-order valence-electron chi connectivity index (χ1n) is 13.6. The zero-order valence-electron chi connectivity index (χ0n) is 24.2. The van der Waals surface area contributed by atoms with Crippen LogP contribution in [-0.4, -0.2) is 51.8 Å². The van der Waals surface area contributed by atoms with E-state index in [0.717, 1.165) is 18.4 Å². The number of ether oxygens (including phenoxy) is 3. The molecule has 4 rings (SSSR count). The van der Waals surface area contributed by atoms with E-state index in [4.69, 9.17) is 19.9 Å². The van der Waals surface area contributed by atoms with E-state index in [2.05, 4.69) is 48.9 Å². The molecule has 2 aromatic rings. The van der Waals surface area contributed by atoms with Gasteiger partial charge in [0, 0.05) is 6.04 Å². The minimum Gasteiger partial charge on any atom is -0.475 e. The van der Waals surface area contributed by atoms with E-state index < -0.39 is 22.3 Å². The SMILES string of the molecule is C.CCOC1=NS(=O)N=C1N[C@H](CC)c1ccccc1.CCOC1=NS(=O)N=C1OCC.CC[C@@H](N)c1ccccc1. The zero-order valence-corrected chi connectivity index (χ0v) is 25.8. The van der Waals surface area contributed by atoms with E-state index in [1.54, 1.807) is 0 Å². The van der Waals surface area contributed by atoms with Gasteiger partial charge in [-0.2, -0.15) is 0 Å². The third kappa shape index (κ3) is 12.2. The first-order valence-corrected chi connectivity index (χ1v) is 15.7. The van der Waals surface area contributed by atoms with Gasteiger partial charge < -0.3 is 25.3 Å². The molecule has 0 bridgehead atoms. The normalized spacial score (nSPS) is 16.9. The second-order valence-corrected chi connectivity index (χ2v) is 9.98. The molecule has 1 unspecified atom stereocenters. The summed E-state index contributed by atoms with van der Waals surface area (Å²) in [7, 11) is 0. The molecule has 2 aliphatic rings. The van der Waals surface area contributed by atoms with Crippen molar-refractivity contribution in [2.45, 2.75) is 67.0 Å². The predicted octanol–water partition coefficient (Wildman–Crippen LogP) is 5.33. The van der Waals surface area contributed by atoms with Crippen LogP contribution in [0.3, 0.4) is 0 Å². The molecular formula is C29H44N6O5S2. The van der Waals surface area contributed by atoms with E-state index in [-0.39, 0.29) is 31.3 Å². The Hall–Kier alpha value is -3.42. The van der Waals surface area contributed by atoms with Crippen molar-refractivity contribution in [1.29, 1.82) is 0 Å². The van der Waals surface area contributed by atoms with Crippen molar-refractivity contribution >= 4 is 45.9 Å². The van der Waals surface area contributed by atoms with E-state index in [1.165, 1.54) is 5.56 Å². The Labute approximate surface area is 255 Å². The molecule has 2 aliphatic heterocycles. The number of amidine groups is 1. The minimum atomic E-state index is -1.57. The largest absolute Gasteiger partial charge is 0.475 e. The average molecular weight is 621 g/mol. The highest BCUT2D eigenvalue weighted by atomic mass is 32.2. The van der Waals surface area contributed by atoms with Crippen LogP contribution in [0.2, 0.25) is 0 Å². The van der Waals surface area contributed by atoms with E-state index in [1.807, 2.05) is 69.3 Å². The molecular weight excluding hydrogens is 576 g/mol. The molecule has 2 aromatic carbocycles. The highest BCUT2D eigenvalue weighted by Gasteiger charge is 2.23. The van der Waals surface area contributed by atoms with Crippen LogP contribution in [0.5, 0.6) is 0 Å². The van der Waals surface area contributed by atoms with Gasteiger partial charge in [-0.3, -0.25) is 0 Å². The number of rotatable bonds is 8. The van der Waals surface area contributed by atoms with Crippen molar-refractivity contribution in [2.75, 3.05) is 19.8 Å². The number of hydrogen-bond acceptors (Lipinski definition) is 7. The van der Waals surface area contributed by atoms with Gasteiger partial charge >= 0.3 is 0 Å². The van der Waals surface area contributed by atoms with Crippen molar-refractivity contribution in [3.63, 3.8) is 0 Å². The van der Waals surface area contributed by atoms with Gasteiger partial charge in [-0.25, -0.2) is 8.42 Å². The molecule has 0 aliphatic carbocycles. The summed E-state index contributed by atoms with van der Waals surface area (Å²) in [6.45, 7) is 11.0. The van der Waals surface area contributed by atoms with Crippen LogP contribution in [0.4, 0.5) is 0 Å². The first-order chi connectivity index (χ1) is 19.9. The fourth-order valence-corrected chi connectivity index (χ4v) is 4.66. The summed E-state index contributed by atoms with van der Waals surface area (Å²) in [5.41, 5.74) is 8.18. The van der Waals surface area contributed by atoms with Gasteiger partial charge in [-0.05, 0) is 44.7 Å². The molecule has 0 spiro atoms. The van der Waals surface area contributed by atoms with Gasteiger partial charge in [0.2, 0.25) is 5.84 Å². The van der Waals surface area contributed by atoms with Gasteiger partial charge in [0.15, 0.2) is 0 Å². The molecule has 0 saturated carbocycles. The van der Waals surface area contributed by atoms with Crippen LogP contribution in [-0.2, 0) is 36.6 Å². The highest BCUT2D eigenvalue weighted by molar-refractivity contribution is 7.83. The standard InChI is InChI=1S/C13H17N3O2S.C9H13N.C6H10N2O3S.CH4/c1-3-11(10-8-6-5-7-9-10)14-12-13(18-4-2)16-19(17)15-12;1-2-9(10)8-6-4-3-5-7-8;1-3-10-5-6(11-4-2)8-12(9)7-5;/h5-9,11H,3-4H2,1-2H3,(H,14,15);3-7,9H,2,10H2,1H3;3-4H2,1-2H3;1H4/t11-,19?;9-;;/m11../s1. The van der Waals surface area contributed by atoms with Crippen molar-refractivity contribution in [3.05, 3.63) is 71.8 Å². The van der Waals surface area contributed by atoms with Crippen molar-refractivity contribution in [2.24, 2.45) is 23.3 Å². The maximum absolute atomic E-state index is 11.4. The number of nitrogens with two attached hydrogens (primary N) is 1. The number of hydrogen-bond donors (Lipinski definition) is 2. The van der Waals surface area contributed by atoms with Gasteiger partial charge in [0.25, 0.3) is 40.0 Å². The third-order valence-corrected chi connectivity index (χ3v) is 6.77. The summed E-state index contributed by atoms with van der Waals surface area (Å²) in [4.78, 5) is 0. The summed E-state index contributed by atoms with van der Waals surface area (Å²) in [6.07, 6.45) is 1.89. The van der Waals surface area contributed by atoms with Crippen molar-refractivity contribution in [1.82, 2.24) is 5.32 Å². The number of benzene rings is 2. The molecule has 232 valence electrons. The van der Waals surface area contributed by atoms with Crippen LogP contribution in [0.1, 0.15) is 78.1 Å². The van der Waals surface area contributed by atoms with Crippen molar-refractivity contribution in [3.8, 4) is 0 Å². The Balaban J connectivity index is 0.000000332. The molecule has 0 amide bonds. The summed E-state index contributed by atoms with van der Waals surface area (Å²) < 4.78 is 52.6. The molecule has 2 heterocycles. The van der Waals surface area contributed by atoms with Gasteiger partial charge in [-0.15, -0.1) is 17.6 Å². The lowest BCUT2D eigenvalue weighted by Gasteiger charge is -2.18. The predicted molar refractivity (Wildman–Crippen MR) is 174 cm³/mol. The number of nitrogens with one attached hydrogen (secondary N) is 1. The monoisotopic (exact) mass is 620 g/mol. The molecule has 0 radical (unpaired) electrons. The second-order valence-electron chi connectivity index (χ2n) is 8.33. The molecule has 0 fully saturated rings. The summed E-state index contributed by atoms with van der Waals surface area (Å²) in [5, 5.41) is 3.25. The Morgan fingerprint density at radius 1 is 0.667 bits per heavy atom. The molecule has 0 saturated heterocycles. The van der Waals surface area contributed by atoms with Crippen LogP contribution in [0.25, 0.3) is 0 Å². The summed E-state index contributed by atoms with van der Waals surface area (Å²) in [5.74, 6) is 1.27. The summed E-state index contributed by atoms with van der Waals surface area (Å²) in [6, 6.07) is 20.5. The second kappa shape index (κ2) is 20.5. The fraction of sp³-hybridized carbons (Fsp3) is 0.448. The Morgan fingerprint density at radius 2 is 1.10 bits per heavy atom. The molecule has 3 atom stereocenters. The molecule has 42 heavy (non-hydrogen) atoms. The first kappa shape index (κ1) is 36.6. The van der Waals surface area contributed by atoms with Gasteiger partial charge in [0.05, 0.1) is 25.9 Å². The highest BCUT2D eigenvalue weighted by Crippen LogP contribution is 2.17. The molecule has 0 aromatic heterocycles. The van der Waals surface area contributed by atoms with Crippen molar-refractivity contribution < 1.29 is 22.6 Å². The van der Waals surface area contributed by atoms with Crippen LogP contribution in [0.15, 0.2) is 78.3 Å². The maximum atomic E-state index is 11.4. The van der Waals surface area contributed by atoms with E-state index in [0.29, 0.717) is 31.6 Å². The zero-order chi connectivity index (χ0) is 30.0. The van der Waals surface area contributed by atoms with Gasteiger partial charge in [-0.1, -0.05) is 81.9 Å². The smallest absolute Gasteiger partial charge is 0.289 e. The third-order valence-electron chi connectivity index (χ3n) is 5.47. The quantitative estimate of drug-likeness (QED) is 0.405. The lowest BCUT2D eigenvalue weighted by Crippen LogP contribution is -2.34. The molecule has 3 N–H and O–H groups in total. The van der Waals surface area contributed by atoms with Crippen LogP contribution >= 0.6 is 0 Å². The maximum Gasteiger partial charge on any atom is 0.289 e.